The van der Waals surface area contributed by atoms with E-state index in [2.05, 4.69) is 15.5 Å². The van der Waals surface area contributed by atoms with Gasteiger partial charge in [0, 0.05) is 18.2 Å². The molecule has 2 aromatic rings. The molecule has 0 radical (unpaired) electrons. The number of nitrogens with one attached hydrogen (secondary N) is 2. The van der Waals surface area contributed by atoms with Crippen molar-refractivity contribution in [2.45, 2.75) is 25.8 Å². The molecule has 5 heteroatoms. The SMILES string of the molecule is Cc1ccc(-c2cc(C(=O)NCC(N)C3CC3)[nH]n2)cc1. The number of nitrogens with two attached hydrogens (primary N) is 1. The van der Waals surface area contributed by atoms with Crippen LogP contribution >= 0.6 is 0 Å². The fourth-order valence-corrected chi connectivity index (χ4v) is 2.31. The van der Waals surface area contributed by atoms with Crippen LogP contribution in [0.3, 0.4) is 0 Å². The molecule has 21 heavy (non-hydrogen) atoms. The Kier molecular flexibility index (Phi) is 3.75. The second-order valence-electron chi connectivity index (χ2n) is 5.74. The summed E-state index contributed by atoms with van der Waals surface area (Å²) in [6, 6.07) is 9.87. The zero-order valence-corrected chi connectivity index (χ0v) is 12.1. The van der Waals surface area contributed by atoms with Crippen LogP contribution in [0.4, 0.5) is 0 Å². The van der Waals surface area contributed by atoms with Gasteiger partial charge in [-0.25, -0.2) is 0 Å². The molecule has 0 saturated heterocycles. The lowest BCUT2D eigenvalue weighted by Crippen LogP contribution is -2.38. The molecule has 0 spiro atoms. The van der Waals surface area contributed by atoms with Crippen LogP contribution in [0.15, 0.2) is 30.3 Å². The molecule has 1 aromatic heterocycles. The van der Waals surface area contributed by atoms with Crippen LogP contribution in [0.2, 0.25) is 0 Å². The van der Waals surface area contributed by atoms with Crippen molar-refractivity contribution in [1.29, 1.82) is 0 Å². The molecule has 1 unspecified atom stereocenters. The smallest absolute Gasteiger partial charge is 0.269 e. The van der Waals surface area contributed by atoms with Crippen molar-refractivity contribution in [3.63, 3.8) is 0 Å². The summed E-state index contributed by atoms with van der Waals surface area (Å²) in [6.45, 7) is 2.55. The van der Waals surface area contributed by atoms with Gasteiger partial charge in [0.25, 0.3) is 5.91 Å². The number of carbonyl (C=O) groups excluding carboxylic acids is 1. The highest BCUT2D eigenvalue weighted by Gasteiger charge is 2.28. The van der Waals surface area contributed by atoms with Crippen molar-refractivity contribution in [2.24, 2.45) is 11.7 Å². The number of aryl methyl sites for hydroxylation is 1. The molecule has 1 aromatic carbocycles. The number of H-pyrrole nitrogens is 1. The Labute approximate surface area is 123 Å². The highest BCUT2D eigenvalue weighted by Crippen LogP contribution is 2.31. The first kappa shape index (κ1) is 13.8. The van der Waals surface area contributed by atoms with Gasteiger partial charge in [-0.05, 0) is 31.7 Å². The summed E-state index contributed by atoms with van der Waals surface area (Å²) in [7, 11) is 0. The Hall–Kier alpha value is -2.14. The van der Waals surface area contributed by atoms with E-state index in [1.807, 2.05) is 31.2 Å². The van der Waals surface area contributed by atoms with Crippen LogP contribution in [-0.4, -0.2) is 28.7 Å². The van der Waals surface area contributed by atoms with E-state index >= 15 is 0 Å². The fourth-order valence-electron chi connectivity index (χ4n) is 2.31. The van der Waals surface area contributed by atoms with Crippen LogP contribution in [0.5, 0.6) is 0 Å². The minimum absolute atomic E-state index is 0.0634. The Morgan fingerprint density at radius 3 is 2.81 bits per heavy atom. The third-order valence-electron chi connectivity index (χ3n) is 3.90. The fraction of sp³-hybridized carbons (Fsp3) is 0.375. The number of carbonyl (C=O) groups is 1. The number of hydrogen-bond donors (Lipinski definition) is 3. The predicted octanol–water partition coefficient (Wildman–Crippen LogP) is 1.85. The number of nitrogens with zero attached hydrogens (tertiary/aromatic N) is 1. The molecule has 1 aliphatic carbocycles. The lowest BCUT2D eigenvalue weighted by molar-refractivity contribution is 0.0945. The summed E-state index contributed by atoms with van der Waals surface area (Å²) in [6.07, 6.45) is 2.36. The van der Waals surface area contributed by atoms with Crippen molar-refractivity contribution in [3.05, 3.63) is 41.6 Å². The van der Waals surface area contributed by atoms with Gasteiger partial charge < -0.3 is 11.1 Å². The molecule has 1 atom stereocenters. The van der Waals surface area contributed by atoms with Gasteiger partial charge in [-0.2, -0.15) is 5.10 Å². The van der Waals surface area contributed by atoms with Crippen LogP contribution < -0.4 is 11.1 Å². The van der Waals surface area contributed by atoms with E-state index in [9.17, 15) is 4.79 Å². The average Bonchev–Trinajstić information content (AvgIpc) is 3.23. The van der Waals surface area contributed by atoms with Crippen molar-refractivity contribution >= 4 is 5.91 Å². The number of benzene rings is 1. The molecule has 3 rings (SSSR count). The van der Waals surface area contributed by atoms with E-state index < -0.39 is 0 Å². The van der Waals surface area contributed by atoms with E-state index in [0.717, 1.165) is 11.3 Å². The molecule has 1 saturated carbocycles. The Morgan fingerprint density at radius 1 is 1.43 bits per heavy atom. The molecular weight excluding hydrogens is 264 g/mol. The zero-order chi connectivity index (χ0) is 14.8. The van der Waals surface area contributed by atoms with E-state index in [-0.39, 0.29) is 11.9 Å². The lowest BCUT2D eigenvalue weighted by Gasteiger charge is -2.10. The molecule has 0 bridgehead atoms. The van der Waals surface area contributed by atoms with Crippen molar-refractivity contribution < 1.29 is 4.79 Å². The average molecular weight is 284 g/mol. The predicted molar refractivity (Wildman–Crippen MR) is 81.8 cm³/mol. The minimum atomic E-state index is -0.156. The van der Waals surface area contributed by atoms with E-state index in [1.165, 1.54) is 18.4 Å². The Morgan fingerprint density at radius 2 is 2.14 bits per heavy atom. The summed E-state index contributed by atoms with van der Waals surface area (Å²) in [5.41, 5.74) is 9.40. The minimum Gasteiger partial charge on any atom is -0.349 e. The first-order valence-electron chi connectivity index (χ1n) is 7.30. The van der Waals surface area contributed by atoms with Gasteiger partial charge in [0.1, 0.15) is 5.69 Å². The topological polar surface area (TPSA) is 83.8 Å². The molecule has 1 heterocycles. The molecule has 5 nitrogen and oxygen atoms in total. The van der Waals surface area contributed by atoms with Crippen LogP contribution in [-0.2, 0) is 0 Å². The van der Waals surface area contributed by atoms with E-state index in [1.54, 1.807) is 6.07 Å². The Balaban J connectivity index is 1.63. The van der Waals surface area contributed by atoms with E-state index in [0.29, 0.717) is 18.2 Å². The highest BCUT2D eigenvalue weighted by atomic mass is 16.1. The normalized spacial score (nSPS) is 15.7. The number of rotatable bonds is 5. The van der Waals surface area contributed by atoms with Crippen LogP contribution in [0.1, 0.15) is 28.9 Å². The second kappa shape index (κ2) is 5.69. The summed E-state index contributed by atoms with van der Waals surface area (Å²) in [5.74, 6) is 0.423. The molecule has 0 aliphatic heterocycles. The third kappa shape index (κ3) is 3.31. The second-order valence-corrected chi connectivity index (χ2v) is 5.74. The van der Waals surface area contributed by atoms with Gasteiger partial charge >= 0.3 is 0 Å². The molecule has 1 aliphatic rings. The molecular formula is C16H20N4O. The number of aromatic amines is 1. The first-order chi connectivity index (χ1) is 10.1. The van der Waals surface area contributed by atoms with Crippen molar-refractivity contribution in [1.82, 2.24) is 15.5 Å². The maximum atomic E-state index is 12.1. The monoisotopic (exact) mass is 284 g/mol. The van der Waals surface area contributed by atoms with Crippen molar-refractivity contribution in [2.75, 3.05) is 6.54 Å². The van der Waals surface area contributed by atoms with Crippen LogP contribution in [0.25, 0.3) is 11.3 Å². The van der Waals surface area contributed by atoms with Gasteiger partial charge in [-0.3, -0.25) is 9.89 Å². The molecule has 4 N–H and O–H groups in total. The third-order valence-corrected chi connectivity index (χ3v) is 3.90. The Bertz CT molecular complexity index is 628. The lowest BCUT2D eigenvalue weighted by atomic mass is 10.1. The molecule has 110 valence electrons. The van der Waals surface area contributed by atoms with Gasteiger partial charge in [0.05, 0.1) is 5.69 Å². The van der Waals surface area contributed by atoms with Gasteiger partial charge in [0.2, 0.25) is 0 Å². The maximum Gasteiger partial charge on any atom is 0.269 e. The zero-order valence-electron chi connectivity index (χ0n) is 12.1. The summed E-state index contributed by atoms with van der Waals surface area (Å²) >= 11 is 0. The van der Waals surface area contributed by atoms with Gasteiger partial charge in [-0.15, -0.1) is 0 Å². The van der Waals surface area contributed by atoms with Crippen LogP contribution in [0, 0.1) is 12.8 Å². The number of amides is 1. The number of aromatic nitrogens is 2. The number of hydrogen-bond acceptors (Lipinski definition) is 3. The first-order valence-corrected chi connectivity index (χ1v) is 7.30. The van der Waals surface area contributed by atoms with E-state index in [4.69, 9.17) is 5.73 Å². The molecule has 1 amide bonds. The maximum absolute atomic E-state index is 12.1. The highest BCUT2D eigenvalue weighted by molar-refractivity contribution is 5.93. The standard InChI is InChI=1S/C16H20N4O/c1-10-2-4-12(5-3-10)14-8-15(20-19-14)16(21)18-9-13(17)11-6-7-11/h2-5,8,11,13H,6-7,9,17H2,1H3,(H,18,21)(H,19,20). The van der Waals surface area contributed by atoms with Crippen molar-refractivity contribution in [3.8, 4) is 11.3 Å². The largest absolute Gasteiger partial charge is 0.349 e. The summed E-state index contributed by atoms with van der Waals surface area (Å²) < 4.78 is 0. The molecule has 1 fully saturated rings. The summed E-state index contributed by atoms with van der Waals surface area (Å²) in [5, 5.41) is 9.84. The quantitative estimate of drug-likeness (QED) is 0.783. The van der Waals surface area contributed by atoms with Gasteiger partial charge in [0.15, 0.2) is 0 Å². The summed E-state index contributed by atoms with van der Waals surface area (Å²) in [4.78, 5) is 12.1. The van der Waals surface area contributed by atoms with Gasteiger partial charge in [-0.1, -0.05) is 29.8 Å².